The predicted octanol–water partition coefficient (Wildman–Crippen LogP) is 2.71. The average molecular weight is 280 g/mol. The van der Waals surface area contributed by atoms with Crippen molar-refractivity contribution in [1.29, 1.82) is 0 Å². The van der Waals surface area contributed by atoms with E-state index in [4.69, 9.17) is 33.9 Å². The fourth-order valence-electron chi connectivity index (χ4n) is 0.663. The first kappa shape index (κ1) is 11.3. The molecule has 0 aliphatic rings. The highest BCUT2D eigenvalue weighted by molar-refractivity contribution is 8.15. The Labute approximate surface area is 92.6 Å². The topological polar surface area (TPSA) is 51.2 Å². The summed E-state index contributed by atoms with van der Waals surface area (Å²) in [6.45, 7) is 0. The minimum atomic E-state index is -3.96. The summed E-state index contributed by atoms with van der Waals surface area (Å²) in [4.78, 5) is 10.7. The van der Waals surface area contributed by atoms with E-state index in [1.165, 1.54) is 0 Å². The van der Waals surface area contributed by atoms with Gasteiger partial charge in [0.05, 0.1) is 9.90 Å². The van der Waals surface area contributed by atoms with Crippen molar-refractivity contribution in [2.45, 2.75) is 4.21 Å². The van der Waals surface area contributed by atoms with Crippen LogP contribution < -0.4 is 0 Å². The lowest BCUT2D eigenvalue weighted by molar-refractivity contribution is 0.107. The van der Waals surface area contributed by atoms with Gasteiger partial charge in [0.25, 0.3) is 14.3 Å². The van der Waals surface area contributed by atoms with E-state index in [1.54, 1.807) is 0 Å². The monoisotopic (exact) mass is 278 g/mol. The summed E-state index contributed by atoms with van der Waals surface area (Å²) < 4.78 is 21.6. The number of halogens is 3. The van der Waals surface area contributed by atoms with E-state index in [1.807, 2.05) is 0 Å². The van der Waals surface area contributed by atoms with E-state index in [2.05, 4.69) is 0 Å². The average Bonchev–Trinajstić information content (AvgIpc) is 2.29. The highest BCUT2D eigenvalue weighted by atomic mass is 35.7. The van der Waals surface area contributed by atoms with Gasteiger partial charge in [0.1, 0.15) is 4.21 Å². The van der Waals surface area contributed by atoms with Gasteiger partial charge < -0.3 is 0 Å². The fraction of sp³-hybridized carbons (Fsp3) is 0. The first-order valence-corrected chi connectivity index (χ1v) is 6.64. The molecule has 0 saturated heterocycles. The Balaban J connectivity index is 3.46. The number of rotatable bonds is 2. The predicted molar refractivity (Wildman–Crippen MR) is 52.6 cm³/mol. The molecule has 0 amide bonds. The van der Waals surface area contributed by atoms with Gasteiger partial charge in [-0.25, -0.2) is 8.42 Å². The smallest absolute Gasteiger partial charge is 0.271 e. The number of hydrogen-bond donors (Lipinski definition) is 0. The van der Waals surface area contributed by atoms with Crippen LogP contribution in [-0.2, 0) is 9.05 Å². The van der Waals surface area contributed by atoms with Crippen LogP contribution >= 0.6 is 45.2 Å². The third-order valence-electron chi connectivity index (χ3n) is 1.10. The maximum absolute atomic E-state index is 10.9. The summed E-state index contributed by atoms with van der Waals surface area (Å²) in [5.74, 6) is 0. The SMILES string of the molecule is O=C(Cl)c1cc(Cl)sc1S(=O)(=O)Cl. The second-order valence-corrected chi connectivity index (χ2v) is 6.75. The molecule has 0 aromatic carbocycles. The lowest BCUT2D eigenvalue weighted by atomic mass is 10.4. The van der Waals surface area contributed by atoms with Crippen LogP contribution in [0, 0.1) is 0 Å². The van der Waals surface area contributed by atoms with Crippen LogP contribution in [0.3, 0.4) is 0 Å². The molecule has 0 radical (unpaired) electrons. The molecule has 1 aromatic heterocycles. The lowest BCUT2D eigenvalue weighted by Gasteiger charge is -1.91. The third-order valence-corrected chi connectivity index (χ3v) is 4.67. The van der Waals surface area contributed by atoms with Gasteiger partial charge in [0, 0.05) is 10.7 Å². The highest BCUT2D eigenvalue weighted by Gasteiger charge is 2.23. The summed E-state index contributed by atoms with van der Waals surface area (Å²) in [5, 5.41) is -0.901. The van der Waals surface area contributed by atoms with Gasteiger partial charge in [-0.1, -0.05) is 11.6 Å². The van der Waals surface area contributed by atoms with Crippen molar-refractivity contribution in [2.75, 3.05) is 0 Å². The normalized spacial score (nSPS) is 11.6. The Kier molecular flexibility index (Phi) is 3.24. The number of hydrogen-bond acceptors (Lipinski definition) is 4. The number of thiophene rings is 1. The summed E-state index contributed by atoms with van der Waals surface area (Å²) in [7, 11) is 1.08. The number of carbonyl (C=O) groups excluding carboxylic acids is 1. The number of carbonyl (C=O) groups is 1. The van der Waals surface area contributed by atoms with Crippen LogP contribution in [0.4, 0.5) is 0 Å². The molecule has 1 aromatic rings. The van der Waals surface area contributed by atoms with Crippen molar-refractivity contribution < 1.29 is 13.2 Å². The highest BCUT2D eigenvalue weighted by Crippen LogP contribution is 2.33. The minimum absolute atomic E-state index is 0.142. The van der Waals surface area contributed by atoms with Crippen LogP contribution in [0.25, 0.3) is 0 Å². The van der Waals surface area contributed by atoms with Crippen LogP contribution in [0.15, 0.2) is 10.3 Å². The van der Waals surface area contributed by atoms with Gasteiger partial charge in [-0.05, 0) is 17.7 Å². The largest absolute Gasteiger partial charge is 0.276 e. The summed E-state index contributed by atoms with van der Waals surface area (Å²) in [5.41, 5.74) is -0.188. The molecule has 13 heavy (non-hydrogen) atoms. The van der Waals surface area contributed by atoms with Crippen LogP contribution in [0.1, 0.15) is 10.4 Å². The van der Waals surface area contributed by atoms with Crippen LogP contribution in [0.2, 0.25) is 4.34 Å². The van der Waals surface area contributed by atoms with Gasteiger partial charge >= 0.3 is 0 Å². The molecule has 0 atom stereocenters. The lowest BCUT2D eigenvalue weighted by Crippen LogP contribution is -1.95. The molecule has 0 aliphatic heterocycles. The van der Waals surface area contributed by atoms with E-state index in [0.29, 0.717) is 11.3 Å². The van der Waals surface area contributed by atoms with Gasteiger partial charge in [-0.15, -0.1) is 11.3 Å². The molecular formula is C5HCl3O3S2. The molecule has 0 N–H and O–H groups in total. The summed E-state index contributed by atoms with van der Waals surface area (Å²) in [6, 6.07) is 1.16. The van der Waals surface area contributed by atoms with Gasteiger partial charge in [-0.2, -0.15) is 0 Å². The van der Waals surface area contributed by atoms with E-state index < -0.39 is 14.3 Å². The van der Waals surface area contributed by atoms with Gasteiger partial charge in [-0.3, -0.25) is 4.79 Å². The maximum atomic E-state index is 10.9. The molecule has 0 spiro atoms. The minimum Gasteiger partial charge on any atom is -0.276 e. The molecule has 1 heterocycles. The molecule has 1 rings (SSSR count). The van der Waals surface area contributed by atoms with E-state index in [-0.39, 0.29) is 14.1 Å². The van der Waals surface area contributed by atoms with Crippen molar-refractivity contribution >= 4 is 59.5 Å². The standard InChI is InChI=1S/C5HCl3O3S2/c6-3-1-2(4(7)9)5(12-3)13(8,10)11/h1H. The van der Waals surface area contributed by atoms with E-state index in [9.17, 15) is 13.2 Å². The van der Waals surface area contributed by atoms with Crippen LogP contribution in [-0.4, -0.2) is 13.7 Å². The first-order chi connectivity index (χ1) is 5.82. The van der Waals surface area contributed by atoms with Gasteiger partial charge in [0.2, 0.25) is 0 Å². The molecular weight excluding hydrogens is 279 g/mol. The Morgan fingerprint density at radius 1 is 1.46 bits per heavy atom. The molecule has 0 fully saturated rings. The molecule has 72 valence electrons. The molecule has 0 unspecified atom stereocenters. The Morgan fingerprint density at radius 3 is 2.31 bits per heavy atom. The first-order valence-electron chi connectivity index (χ1n) is 2.76. The fourth-order valence-corrected chi connectivity index (χ4v) is 3.63. The van der Waals surface area contributed by atoms with Crippen LogP contribution in [0.5, 0.6) is 0 Å². The Hall–Kier alpha value is 0.190. The van der Waals surface area contributed by atoms with E-state index in [0.717, 1.165) is 6.07 Å². The zero-order valence-corrected chi connectivity index (χ0v) is 9.65. The molecule has 3 nitrogen and oxygen atoms in total. The van der Waals surface area contributed by atoms with Gasteiger partial charge in [0.15, 0.2) is 0 Å². The second kappa shape index (κ2) is 3.74. The van der Waals surface area contributed by atoms with Crippen molar-refractivity contribution in [1.82, 2.24) is 0 Å². The van der Waals surface area contributed by atoms with E-state index >= 15 is 0 Å². The van der Waals surface area contributed by atoms with Crippen molar-refractivity contribution in [3.05, 3.63) is 16.0 Å². The summed E-state index contributed by atoms with van der Waals surface area (Å²) in [6.07, 6.45) is 0. The zero-order valence-electron chi connectivity index (χ0n) is 5.75. The Morgan fingerprint density at radius 2 is 2.00 bits per heavy atom. The summed E-state index contributed by atoms with van der Waals surface area (Å²) >= 11 is 11.3. The molecule has 8 heteroatoms. The molecule has 0 bridgehead atoms. The molecule has 0 aliphatic carbocycles. The van der Waals surface area contributed by atoms with Crippen molar-refractivity contribution in [3.8, 4) is 0 Å². The second-order valence-electron chi connectivity index (χ2n) is 1.96. The van der Waals surface area contributed by atoms with Crippen molar-refractivity contribution in [3.63, 3.8) is 0 Å². The Bertz CT molecular complexity index is 448. The maximum Gasteiger partial charge on any atom is 0.271 e. The zero-order chi connectivity index (χ0) is 10.2. The molecule has 0 saturated carbocycles. The quantitative estimate of drug-likeness (QED) is 0.782. The third kappa shape index (κ3) is 2.57. The van der Waals surface area contributed by atoms with Crippen molar-refractivity contribution in [2.24, 2.45) is 0 Å².